The zero-order chi connectivity index (χ0) is 10.5. The van der Waals surface area contributed by atoms with Gasteiger partial charge in [-0.15, -0.1) is 0 Å². The molecule has 6 heteroatoms. The molecule has 1 unspecified atom stereocenters. The number of sulfone groups is 1. The van der Waals surface area contributed by atoms with E-state index in [9.17, 15) is 12.6 Å². The van der Waals surface area contributed by atoms with Gasteiger partial charge in [-0.2, -0.15) is 0 Å². The van der Waals surface area contributed by atoms with Crippen molar-refractivity contribution < 1.29 is 17.2 Å². The van der Waals surface area contributed by atoms with Gasteiger partial charge in [0.25, 0.3) is 0 Å². The van der Waals surface area contributed by atoms with Crippen LogP contribution in [0.2, 0.25) is 0 Å². The molecule has 0 spiro atoms. The molecule has 4 nitrogen and oxygen atoms in total. The van der Waals surface area contributed by atoms with Gasteiger partial charge in [0.2, 0.25) is 0 Å². The molecule has 0 amide bonds. The fourth-order valence-electron chi connectivity index (χ4n) is 0.581. The third-order valence-corrected chi connectivity index (χ3v) is 3.39. The minimum atomic E-state index is -3.20. The first-order valence-electron chi connectivity index (χ1n) is 3.52. The third kappa shape index (κ3) is 5.73. The van der Waals surface area contributed by atoms with Crippen molar-refractivity contribution in [1.82, 2.24) is 0 Å². The van der Waals surface area contributed by atoms with Gasteiger partial charge in [-0.1, -0.05) is 12.7 Å². The molecule has 0 aliphatic carbocycles. The molecular weight excluding hydrogens is 212 g/mol. The van der Waals surface area contributed by atoms with Gasteiger partial charge in [-0.05, 0) is 13.3 Å². The van der Waals surface area contributed by atoms with Crippen molar-refractivity contribution in [2.24, 2.45) is 0 Å². The van der Waals surface area contributed by atoms with E-state index >= 15 is 0 Å². The van der Waals surface area contributed by atoms with Crippen LogP contribution in [0, 0.1) is 0 Å². The molecule has 0 aliphatic rings. The summed E-state index contributed by atoms with van der Waals surface area (Å²) in [5.74, 6) is -0.0783. The summed E-state index contributed by atoms with van der Waals surface area (Å²) in [6.07, 6.45) is 1.66. The first kappa shape index (κ1) is 12.5. The first-order chi connectivity index (χ1) is 5.89. The van der Waals surface area contributed by atoms with Gasteiger partial charge in [0, 0.05) is 10.3 Å². The second-order valence-electron chi connectivity index (χ2n) is 2.39. The van der Waals surface area contributed by atoms with Crippen LogP contribution in [0.1, 0.15) is 13.3 Å². The van der Waals surface area contributed by atoms with Crippen LogP contribution < -0.4 is 0 Å². The van der Waals surface area contributed by atoms with Crippen LogP contribution in [0.3, 0.4) is 0 Å². The molecule has 1 N–H and O–H groups in total. The molecule has 13 heavy (non-hydrogen) atoms. The van der Waals surface area contributed by atoms with Crippen molar-refractivity contribution in [3.63, 3.8) is 0 Å². The van der Waals surface area contributed by atoms with Crippen molar-refractivity contribution in [3.8, 4) is 0 Å². The Hall–Kier alpha value is -0.460. The van der Waals surface area contributed by atoms with E-state index in [1.165, 1.54) is 13.0 Å². The van der Waals surface area contributed by atoms with Gasteiger partial charge in [0.05, 0.1) is 5.75 Å². The molecule has 0 saturated heterocycles. The Morgan fingerprint density at radius 1 is 1.62 bits per heavy atom. The quantitative estimate of drug-likeness (QED) is 0.709. The SMILES string of the molecule is C=CS(=O)(=O)CCC=C(C)S(=O)O. The monoisotopic (exact) mass is 224 g/mol. The molecular formula is C7H12O4S2. The second kappa shape index (κ2) is 5.31. The summed E-state index contributed by atoms with van der Waals surface area (Å²) in [7, 11) is -3.20. The topological polar surface area (TPSA) is 71.4 Å². The molecule has 0 aliphatic heterocycles. The summed E-state index contributed by atoms with van der Waals surface area (Å²) in [5, 5.41) is 0.881. The van der Waals surface area contributed by atoms with E-state index in [0.717, 1.165) is 5.41 Å². The predicted octanol–water partition coefficient (Wildman–Crippen LogP) is 1.06. The minimum Gasteiger partial charge on any atom is -0.303 e. The average Bonchev–Trinajstić information content (AvgIpc) is 2.04. The Morgan fingerprint density at radius 2 is 2.15 bits per heavy atom. The Kier molecular flexibility index (Phi) is 5.12. The lowest BCUT2D eigenvalue weighted by Gasteiger charge is -1.95. The Balaban J connectivity index is 4.15. The predicted molar refractivity (Wildman–Crippen MR) is 53.1 cm³/mol. The third-order valence-electron chi connectivity index (χ3n) is 1.36. The molecule has 0 heterocycles. The minimum absolute atomic E-state index is 0.0783. The summed E-state index contributed by atoms with van der Waals surface area (Å²) in [6.45, 7) is 4.62. The Labute approximate surface area is 80.6 Å². The molecule has 0 aromatic heterocycles. The zero-order valence-electron chi connectivity index (χ0n) is 7.26. The van der Waals surface area contributed by atoms with Crippen LogP contribution in [-0.4, -0.2) is 22.9 Å². The summed E-state index contributed by atoms with van der Waals surface area (Å²) in [4.78, 5) is 0.263. The van der Waals surface area contributed by atoms with E-state index in [1.807, 2.05) is 0 Å². The normalized spacial score (nSPS) is 15.4. The average molecular weight is 224 g/mol. The molecule has 1 atom stereocenters. The van der Waals surface area contributed by atoms with Crippen molar-refractivity contribution in [3.05, 3.63) is 23.0 Å². The fraction of sp³-hybridized carbons (Fsp3) is 0.429. The van der Waals surface area contributed by atoms with Crippen LogP contribution in [0.5, 0.6) is 0 Å². The van der Waals surface area contributed by atoms with Crippen molar-refractivity contribution >= 4 is 20.9 Å². The molecule has 0 aromatic carbocycles. The standard InChI is InChI=1S/C7H12O4S2/c1-3-13(10,11)6-4-5-7(2)12(8)9/h3,5H,1,4,6H2,2H3,(H,8,9). The largest absolute Gasteiger partial charge is 0.303 e. The lowest BCUT2D eigenvalue weighted by molar-refractivity contribution is 0.570. The van der Waals surface area contributed by atoms with Crippen LogP contribution in [-0.2, 0) is 20.9 Å². The Bertz CT molecular complexity index is 326. The molecule has 0 rings (SSSR count). The highest BCUT2D eigenvalue weighted by Gasteiger charge is 2.03. The van der Waals surface area contributed by atoms with Crippen LogP contribution >= 0.6 is 0 Å². The molecule has 0 saturated carbocycles. The van der Waals surface area contributed by atoms with E-state index in [-0.39, 0.29) is 17.1 Å². The number of allylic oxidation sites excluding steroid dienone is 2. The van der Waals surface area contributed by atoms with Gasteiger partial charge < -0.3 is 4.55 Å². The van der Waals surface area contributed by atoms with Crippen LogP contribution in [0.4, 0.5) is 0 Å². The molecule has 0 radical (unpaired) electrons. The number of rotatable bonds is 5. The summed E-state index contributed by atoms with van der Waals surface area (Å²) < 4.78 is 40.7. The zero-order valence-corrected chi connectivity index (χ0v) is 8.90. The van der Waals surface area contributed by atoms with Gasteiger partial charge in [0.1, 0.15) is 0 Å². The highest BCUT2D eigenvalue weighted by molar-refractivity contribution is 7.94. The molecule has 0 bridgehead atoms. The van der Waals surface area contributed by atoms with Crippen LogP contribution in [0.25, 0.3) is 0 Å². The highest BCUT2D eigenvalue weighted by atomic mass is 32.2. The van der Waals surface area contributed by atoms with E-state index < -0.39 is 20.9 Å². The van der Waals surface area contributed by atoms with E-state index in [0.29, 0.717) is 0 Å². The first-order valence-corrected chi connectivity index (χ1v) is 6.34. The molecule has 76 valence electrons. The van der Waals surface area contributed by atoms with Crippen molar-refractivity contribution in [2.75, 3.05) is 5.75 Å². The number of hydrogen-bond acceptors (Lipinski definition) is 3. The summed E-state index contributed by atoms with van der Waals surface area (Å²) >= 11 is -2.00. The van der Waals surface area contributed by atoms with Crippen LogP contribution in [0.15, 0.2) is 23.0 Å². The Morgan fingerprint density at radius 3 is 2.54 bits per heavy atom. The van der Waals surface area contributed by atoms with Crippen molar-refractivity contribution in [1.29, 1.82) is 0 Å². The number of hydrogen-bond donors (Lipinski definition) is 1. The summed E-state index contributed by atoms with van der Waals surface area (Å²) in [6, 6.07) is 0. The molecule has 0 fully saturated rings. The maximum absolute atomic E-state index is 10.9. The van der Waals surface area contributed by atoms with Crippen molar-refractivity contribution in [2.45, 2.75) is 13.3 Å². The lowest BCUT2D eigenvalue weighted by Crippen LogP contribution is -2.00. The molecule has 0 aromatic rings. The van der Waals surface area contributed by atoms with E-state index in [2.05, 4.69) is 6.58 Å². The van der Waals surface area contributed by atoms with Gasteiger partial charge in [0.15, 0.2) is 20.9 Å². The highest BCUT2D eigenvalue weighted by Crippen LogP contribution is 2.02. The van der Waals surface area contributed by atoms with Gasteiger partial charge in [-0.25, -0.2) is 12.6 Å². The second-order valence-corrected chi connectivity index (χ2v) is 5.60. The van der Waals surface area contributed by atoms with E-state index in [1.54, 1.807) is 0 Å². The van der Waals surface area contributed by atoms with E-state index in [4.69, 9.17) is 4.55 Å². The van der Waals surface area contributed by atoms with Gasteiger partial charge in [-0.3, -0.25) is 0 Å². The fourth-order valence-corrected chi connectivity index (χ4v) is 1.45. The maximum Gasteiger partial charge on any atom is 0.181 e. The smallest absolute Gasteiger partial charge is 0.181 e. The van der Waals surface area contributed by atoms with Gasteiger partial charge >= 0.3 is 0 Å². The lowest BCUT2D eigenvalue weighted by atomic mass is 10.4. The maximum atomic E-state index is 10.9. The summed E-state index contributed by atoms with van der Waals surface area (Å²) in [5.41, 5.74) is 0.